The van der Waals surface area contributed by atoms with Gasteiger partial charge >= 0.3 is 0 Å². The second-order valence-electron chi connectivity index (χ2n) is 6.39. The van der Waals surface area contributed by atoms with Crippen LogP contribution in [0.25, 0.3) is 0 Å². The van der Waals surface area contributed by atoms with Gasteiger partial charge in [-0.15, -0.1) is 0 Å². The molecule has 1 fully saturated rings. The molecule has 0 unspecified atom stereocenters. The third-order valence-corrected chi connectivity index (χ3v) is 4.76. The maximum absolute atomic E-state index is 13.8. The van der Waals surface area contributed by atoms with Crippen LogP contribution in [0.4, 0.5) is 10.1 Å². The van der Waals surface area contributed by atoms with Crippen molar-refractivity contribution in [2.75, 3.05) is 11.9 Å². The minimum absolute atomic E-state index is 0.0182. The van der Waals surface area contributed by atoms with Crippen LogP contribution in [0.15, 0.2) is 18.2 Å². The summed E-state index contributed by atoms with van der Waals surface area (Å²) in [5.74, 6) is -1.09. The van der Waals surface area contributed by atoms with Gasteiger partial charge in [0.1, 0.15) is 6.04 Å². The molecule has 2 amide bonds. The van der Waals surface area contributed by atoms with Crippen LogP contribution in [0, 0.1) is 18.2 Å². The zero-order valence-electron chi connectivity index (χ0n) is 14.1. The fourth-order valence-corrected chi connectivity index (χ4v) is 3.18. The first-order valence-corrected chi connectivity index (χ1v) is 8.96. The van der Waals surface area contributed by atoms with E-state index < -0.39 is 17.8 Å². The smallest absolute Gasteiger partial charge is 0.241 e. The molecule has 4 N–H and O–H groups in total. The Morgan fingerprint density at radius 3 is 2.72 bits per heavy atom. The number of amides is 2. The quantitative estimate of drug-likeness (QED) is 0.659. The van der Waals surface area contributed by atoms with E-state index in [2.05, 4.69) is 10.6 Å². The fraction of sp³-hybridized carbons (Fsp3) is 0.500. The number of primary amides is 1. The van der Waals surface area contributed by atoms with Crippen LogP contribution in [0.3, 0.4) is 0 Å². The van der Waals surface area contributed by atoms with Crippen molar-refractivity contribution >= 4 is 29.1 Å². The molecule has 1 saturated carbocycles. The number of hydrogen-bond donors (Lipinski definition) is 3. The Labute approximate surface area is 152 Å². The number of anilines is 1. The topological polar surface area (TPSA) is 84.2 Å². The SMILES string of the molecule is NC(=O)[C@H](CNc1cccc(Cl)c1F)NC(=O)[CH]CC1CCCCC1. The number of hydrogen-bond acceptors (Lipinski definition) is 3. The zero-order valence-corrected chi connectivity index (χ0v) is 14.8. The van der Waals surface area contributed by atoms with Gasteiger partial charge in [-0.2, -0.15) is 0 Å². The first-order valence-electron chi connectivity index (χ1n) is 8.58. The molecular formula is C18H24ClFN3O2. The number of carbonyl (C=O) groups is 2. The third kappa shape index (κ3) is 6.20. The fourth-order valence-electron chi connectivity index (χ4n) is 3.00. The molecule has 0 aliphatic heterocycles. The second-order valence-corrected chi connectivity index (χ2v) is 6.80. The third-order valence-electron chi connectivity index (χ3n) is 4.47. The van der Waals surface area contributed by atoms with Gasteiger partial charge in [-0.3, -0.25) is 9.59 Å². The molecular weight excluding hydrogens is 345 g/mol. The molecule has 0 bridgehead atoms. The van der Waals surface area contributed by atoms with Gasteiger partial charge in [0.15, 0.2) is 5.82 Å². The van der Waals surface area contributed by atoms with Crippen molar-refractivity contribution in [1.82, 2.24) is 5.32 Å². The lowest BCUT2D eigenvalue weighted by atomic mass is 9.86. The Bertz CT molecular complexity index is 606. The van der Waals surface area contributed by atoms with Gasteiger partial charge in [0.05, 0.1) is 10.7 Å². The van der Waals surface area contributed by atoms with Crippen molar-refractivity contribution in [1.29, 1.82) is 0 Å². The lowest BCUT2D eigenvalue weighted by molar-refractivity contribution is -0.125. The van der Waals surface area contributed by atoms with E-state index in [1.165, 1.54) is 31.4 Å². The van der Waals surface area contributed by atoms with E-state index >= 15 is 0 Å². The van der Waals surface area contributed by atoms with Gasteiger partial charge < -0.3 is 16.4 Å². The Morgan fingerprint density at radius 1 is 1.32 bits per heavy atom. The first kappa shape index (κ1) is 19.5. The molecule has 1 aliphatic rings. The van der Waals surface area contributed by atoms with Crippen molar-refractivity contribution in [3.8, 4) is 0 Å². The van der Waals surface area contributed by atoms with E-state index in [1.807, 2.05) is 0 Å². The van der Waals surface area contributed by atoms with Crippen LogP contribution in [-0.2, 0) is 9.59 Å². The monoisotopic (exact) mass is 368 g/mol. The number of benzene rings is 1. The van der Waals surface area contributed by atoms with Crippen molar-refractivity contribution in [3.05, 3.63) is 35.5 Å². The first-order chi connectivity index (χ1) is 12.0. The molecule has 1 aliphatic carbocycles. The highest BCUT2D eigenvalue weighted by Crippen LogP contribution is 2.27. The molecule has 0 heterocycles. The van der Waals surface area contributed by atoms with Gasteiger partial charge in [0.2, 0.25) is 11.8 Å². The molecule has 1 aromatic carbocycles. The highest BCUT2D eigenvalue weighted by Gasteiger charge is 2.20. The number of nitrogens with two attached hydrogens (primary N) is 1. The van der Waals surface area contributed by atoms with Crippen LogP contribution in [0.5, 0.6) is 0 Å². The van der Waals surface area contributed by atoms with E-state index in [0.717, 1.165) is 12.8 Å². The summed E-state index contributed by atoms with van der Waals surface area (Å²) in [5, 5.41) is 5.31. The van der Waals surface area contributed by atoms with Gasteiger partial charge in [-0.25, -0.2) is 4.39 Å². The molecule has 1 radical (unpaired) electrons. The van der Waals surface area contributed by atoms with Crippen LogP contribution in [0.2, 0.25) is 5.02 Å². The number of carbonyl (C=O) groups excluding carboxylic acids is 2. The summed E-state index contributed by atoms with van der Waals surface area (Å²) in [6.07, 6.45) is 8.23. The number of nitrogens with one attached hydrogen (secondary N) is 2. The minimum Gasteiger partial charge on any atom is -0.380 e. The Kier molecular flexibility index (Phi) is 7.50. The predicted octanol–water partition coefficient (Wildman–Crippen LogP) is 3.04. The summed E-state index contributed by atoms with van der Waals surface area (Å²) in [6, 6.07) is 3.57. The Balaban J connectivity index is 1.82. The molecule has 0 aromatic heterocycles. The second kappa shape index (κ2) is 9.61. The summed E-state index contributed by atoms with van der Waals surface area (Å²) in [6.45, 7) is -0.0182. The van der Waals surface area contributed by atoms with E-state index in [0.29, 0.717) is 12.3 Å². The maximum atomic E-state index is 13.8. The minimum atomic E-state index is -0.937. The number of rotatable bonds is 8. The molecule has 7 heteroatoms. The zero-order chi connectivity index (χ0) is 18.2. The van der Waals surface area contributed by atoms with E-state index in [4.69, 9.17) is 17.3 Å². The molecule has 0 saturated heterocycles. The molecule has 25 heavy (non-hydrogen) atoms. The van der Waals surface area contributed by atoms with Crippen LogP contribution >= 0.6 is 11.6 Å². The maximum Gasteiger partial charge on any atom is 0.241 e. The molecule has 5 nitrogen and oxygen atoms in total. The summed E-state index contributed by atoms with van der Waals surface area (Å²) in [7, 11) is 0. The molecule has 0 spiro atoms. The largest absolute Gasteiger partial charge is 0.380 e. The highest BCUT2D eigenvalue weighted by atomic mass is 35.5. The predicted molar refractivity (Wildman–Crippen MR) is 96.5 cm³/mol. The number of halogens is 2. The van der Waals surface area contributed by atoms with Crippen LogP contribution in [0.1, 0.15) is 38.5 Å². The van der Waals surface area contributed by atoms with Crippen LogP contribution < -0.4 is 16.4 Å². The van der Waals surface area contributed by atoms with Gasteiger partial charge in [-0.1, -0.05) is 49.8 Å². The van der Waals surface area contributed by atoms with Crippen LogP contribution in [-0.4, -0.2) is 24.4 Å². The molecule has 137 valence electrons. The lowest BCUT2D eigenvalue weighted by Crippen LogP contribution is -2.48. The average Bonchev–Trinajstić information content (AvgIpc) is 2.60. The summed E-state index contributed by atoms with van der Waals surface area (Å²) in [5.41, 5.74) is 5.48. The van der Waals surface area contributed by atoms with Crippen molar-refractivity contribution < 1.29 is 14.0 Å². The van der Waals surface area contributed by atoms with Gasteiger partial charge in [0.25, 0.3) is 0 Å². The van der Waals surface area contributed by atoms with Crippen molar-refractivity contribution in [2.45, 2.75) is 44.6 Å². The highest BCUT2D eigenvalue weighted by molar-refractivity contribution is 6.31. The molecule has 1 aromatic rings. The summed E-state index contributed by atoms with van der Waals surface area (Å²) < 4.78 is 13.8. The van der Waals surface area contributed by atoms with E-state index in [1.54, 1.807) is 12.5 Å². The molecule has 1 atom stereocenters. The van der Waals surface area contributed by atoms with E-state index in [-0.39, 0.29) is 23.2 Å². The normalized spacial score (nSPS) is 16.2. The lowest BCUT2D eigenvalue weighted by Gasteiger charge is -2.22. The van der Waals surface area contributed by atoms with Gasteiger partial charge in [0, 0.05) is 13.0 Å². The summed E-state index contributed by atoms with van der Waals surface area (Å²) in [4.78, 5) is 23.6. The Morgan fingerprint density at radius 2 is 2.04 bits per heavy atom. The summed E-state index contributed by atoms with van der Waals surface area (Å²) >= 11 is 5.71. The van der Waals surface area contributed by atoms with Crippen molar-refractivity contribution in [2.24, 2.45) is 11.7 Å². The molecule has 2 rings (SSSR count). The standard InChI is InChI=1S/C18H24ClFN3O2/c19-13-7-4-8-14(17(13)20)22-11-15(18(21)25)23-16(24)10-9-12-5-2-1-3-6-12/h4,7-8,10,12,15,22H,1-3,5-6,9,11H2,(H2,21,25)(H,23,24)/t15-/m0/s1. The van der Waals surface area contributed by atoms with E-state index in [9.17, 15) is 14.0 Å². The van der Waals surface area contributed by atoms with Gasteiger partial charge in [-0.05, 0) is 24.5 Å². The van der Waals surface area contributed by atoms with Crippen molar-refractivity contribution in [3.63, 3.8) is 0 Å². The average molecular weight is 369 g/mol. The Hall–Kier alpha value is -1.82.